The number of carbonyl (C=O) groups is 2. The Kier molecular flexibility index (Phi) is 8.53. The van der Waals surface area contributed by atoms with Gasteiger partial charge in [0.15, 0.2) is 0 Å². The number of esters is 1. The van der Waals surface area contributed by atoms with Gasteiger partial charge < -0.3 is 14.7 Å². The standard InChI is InChI=1S/C23H29N3O4/c1-5-7-13-26(14-8-6-2)23-24-12-11-20(25-23)18-10-9-17(21(27)28)15-19(18)22(29)30-16(3)4/h9-12,15H,3,5-8,13-14H2,1-2,4H3,(H,27,28). The Morgan fingerprint density at radius 3 is 2.37 bits per heavy atom. The zero-order chi connectivity index (χ0) is 22.1. The SMILES string of the molecule is C=C(C)OC(=O)c1cc(C(=O)O)ccc1-c1ccnc(N(CCCC)CCCC)n1. The van der Waals surface area contributed by atoms with E-state index in [1.54, 1.807) is 25.3 Å². The molecule has 1 N–H and O–H groups in total. The summed E-state index contributed by atoms with van der Waals surface area (Å²) in [7, 11) is 0. The van der Waals surface area contributed by atoms with Crippen LogP contribution < -0.4 is 4.90 Å². The molecular formula is C23H29N3O4. The van der Waals surface area contributed by atoms with Crippen molar-refractivity contribution in [3.8, 4) is 11.3 Å². The van der Waals surface area contributed by atoms with Crippen LogP contribution in [0, 0.1) is 0 Å². The van der Waals surface area contributed by atoms with Crippen LogP contribution in [-0.2, 0) is 4.74 Å². The summed E-state index contributed by atoms with van der Waals surface area (Å²) in [5.74, 6) is -0.981. The average molecular weight is 412 g/mol. The maximum absolute atomic E-state index is 12.6. The lowest BCUT2D eigenvalue weighted by Crippen LogP contribution is -2.27. The van der Waals surface area contributed by atoms with E-state index in [2.05, 4.69) is 35.3 Å². The normalized spacial score (nSPS) is 10.5. The summed E-state index contributed by atoms with van der Waals surface area (Å²) in [4.78, 5) is 35.2. The van der Waals surface area contributed by atoms with E-state index in [-0.39, 0.29) is 16.9 Å². The van der Waals surface area contributed by atoms with Gasteiger partial charge in [-0.2, -0.15) is 0 Å². The van der Waals surface area contributed by atoms with Gasteiger partial charge in [0.25, 0.3) is 0 Å². The summed E-state index contributed by atoms with van der Waals surface area (Å²) in [5, 5.41) is 9.31. The average Bonchev–Trinajstić information content (AvgIpc) is 2.73. The van der Waals surface area contributed by atoms with Gasteiger partial charge in [0.05, 0.1) is 22.6 Å². The molecule has 0 saturated carbocycles. The first-order chi connectivity index (χ1) is 14.4. The fraction of sp³-hybridized carbons (Fsp3) is 0.391. The third-order valence-corrected chi connectivity index (χ3v) is 4.52. The largest absolute Gasteiger partial charge is 0.478 e. The van der Waals surface area contributed by atoms with Gasteiger partial charge in [-0.05, 0) is 38.0 Å². The minimum Gasteiger partial charge on any atom is -0.478 e. The Bertz CT molecular complexity index is 903. The lowest BCUT2D eigenvalue weighted by Gasteiger charge is -2.22. The Balaban J connectivity index is 2.49. The number of carbonyl (C=O) groups excluding carboxylic acids is 1. The molecule has 0 bridgehead atoms. The van der Waals surface area contributed by atoms with Gasteiger partial charge in [-0.1, -0.05) is 39.3 Å². The van der Waals surface area contributed by atoms with E-state index in [9.17, 15) is 14.7 Å². The third-order valence-electron chi connectivity index (χ3n) is 4.52. The number of allylic oxidation sites excluding steroid dienone is 1. The molecule has 0 aliphatic heterocycles. The number of hydrogen-bond donors (Lipinski definition) is 1. The molecule has 0 saturated heterocycles. The molecule has 0 aliphatic carbocycles. The summed E-state index contributed by atoms with van der Waals surface area (Å²) < 4.78 is 5.14. The highest BCUT2D eigenvalue weighted by Gasteiger charge is 2.20. The molecule has 1 aromatic carbocycles. The molecule has 0 radical (unpaired) electrons. The highest BCUT2D eigenvalue weighted by Crippen LogP contribution is 2.26. The number of rotatable bonds is 11. The number of benzene rings is 1. The van der Waals surface area contributed by atoms with Crippen molar-refractivity contribution in [1.82, 2.24) is 9.97 Å². The molecule has 0 spiro atoms. The second kappa shape index (κ2) is 11.1. The third kappa shape index (κ3) is 6.14. The van der Waals surface area contributed by atoms with Crippen molar-refractivity contribution in [3.63, 3.8) is 0 Å². The summed E-state index contributed by atoms with van der Waals surface area (Å²) in [6.07, 6.45) is 5.84. The molecule has 7 heteroatoms. The Hall–Kier alpha value is -3.22. The van der Waals surface area contributed by atoms with E-state index >= 15 is 0 Å². The van der Waals surface area contributed by atoms with Gasteiger partial charge in [0.1, 0.15) is 0 Å². The van der Waals surface area contributed by atoms with Crippen molar-refractivity contribution in [2.24, 2.45) is 0 Å². The number of aromatic nitrogens is 2. The first-order valence-electron chi connectivity index (χ1n) is 10.2. The van der Waals surface area contributed by atoms with Crippen LogP contribution in [0.2, 0.25) is 0 Å². The molecule has 2 aromatic rings. The first-order valence-corrected chi connectivity index (χ1v) is 10.2. The van der Waals surface area contributed by atoms with Crippen molar-refractivity contribution >= 4 is 17.9 Å². The number of carboxylic acids is 1. The minimum absolute atomic E-state index is 0.00536. The summed E-state index contributed by atoms with van der Waals surface area (Å²) in [5.41, 5.74) is 1.13. The second-order valence-corrected chi connectivity index (χ2v) is 7.09. The monoisotopic (exact) mass is 411 g/mol. The quantitative estimate of drug-likeness (QED) is 0.413. The van der Waals surface area contributed by atoms with Crippen molar-refractivity contribution in [3.05, 3.63) is 53.9 Å². The van der Waals surface area contributed by atoms with Gasteiger partial charge >= 0.3 is 11.9 Å². The van der Waals surface area contributed by atoms with E-state index < -0.39 is 11.9 Å². The molecule has 0 fully saturated rings. The van der Waals surface area contributed by atoms with Crippen LogP contribution in [0.5, 0.6) is 0 Å². The number of hydrogen-bond acceptors (Lipinski definition) is 6. The molecular weight excluding hydrogens is 382 g/mol. The van der Waals surface area contributed by atoms with Crippen molar-refractivity contribution < 1.29 is 19.4 Å². The zero-order valence-corrected chi connectivity index (χ0v) is 17.9. The summed E-state index contributed by atoms with van der Waals surface area (Å²) >= 11 is 0. The van der Waals surface area contributed by atoms with Crippen LogP contribution >= 0.6 is 0 Å². The Labute approximate surface area is 177 Å². The molecule has 2 rings (SSSR count). The number of anilines is 1. The molecule has 160 valence electrons. The van der Waals surface area contributed by atoms with Crippen LogP contribution in [0.1, 0.15) is 67.2 Å². The topological polar surface area (TPSA) is 92.6 Å². The van der Waals surface area contributed by atoms with Crippen LogP contribution in [0.4, 0.5) is 5.95 Å². The number of ether oxygens (including phenoxy) is 1. The van der Waals surface area contributed by atoms with Gasteiger partial charge in [0, 0.05) is 24.8 Å². The summed E-state index contributed by atoms with van der Waals surface area (Å²) in [6.45, 7) is 11.1. The molecule has 0 unspecified atom stereocenters. The van der Waals surface area contributed by atoms with E-state index in [1.165, 1.54) is 12.1 Å². The smallest absolute Gasteiger partial charge is 0.343 e. The van der Waals surface area contributed by atoms with Crippen molar-refractivity contribution in [2.75, 3.05) is 18.0 Å². The molecule has 0 amide bonds. The first kappa shape index (κ1) is 23.1. The van der Waals surface area contributed by atoms with Gasteiger partial charge in [-0.3, -0.25) is 0 Å². The number of nitrogens with zero attached hydrogens (tertiary/aromatic N) is 3. The summed E-state index contributed by atoms with van der Waals surface area (Å²) in [6, 6.07) is 6.03. The number of unbranched alkanes of at least 4 members (excludes halogenated alkanes) is 2. The predicted octanol–water partition coefficient (Wildman–Crippen LogP) is 4.94. The fourth-order valence-electron chi connectivity index (χ4n) is 2.94. The van der Waals surface area contributed by atoms with Gasteiger partial charge in [-0.25, -0.2) is 19.6 Å². The Morgan fingerprint density at radius 1 is 1.13 bits per heavy atom. The van der Waals surface area contributed by atoms with Crippen LogP contribution in [0.25, 0.3) is 11.3 Å². The lowest BCUT2D eigenvalue weighted by atomic mass is 10.0. The molecule has 7 nitrogen and oxygen atoms in total. The molecule has 1 heterocycles. The zero-order valence-electron chi connectivity index (χ0n) is 17.9. The molecule has 1 aromatic heterocycles. The fourth-order valence-corrected chi connectivity index (χ4v) is 2.94. The van der Waals surface area contributed by atoms with Gasteiger partial charge in [0.2, 0.25) is 5.95 Å². The van der Waals surface area contributed by atoms with E-state index in [1.807, 2.05) is 0 Å². The molecule has 0 aliphatic rings. The van der Waals surface area contributed by atoms with Gasteiger partial charge in [-0.15, -0.1) is 0 Å². The highest BCUT2D eigenvalue weighted by molar-refractivity contribution is 6.00. The van der Waals surface area contributed by atoms with E-state index in [4.69, 9.17) is 4.74 Å². The second-order valence-electron chi connectivity index (χ2n) is 7.09. The van der Waals surface area contributed by atoms with Crippen LogP contribution in [-0.4, -0.2) is 40.1 Å². The highest BCUT2D eigenvalue weighted by atomic mass is 16.5. The lowest BCUT2D eigenvalue weighted by molar-refractivity contribution is 0.0628. The van der Waals surface area contributed by atoms with E-state index in [0.29, 0.717) is 17.2 Å². The molecule has 30 heavy (non-hydrogen) atoms. The van der Waals surface area contributed by atoms with E-state index in [0.717, 1.165) is 38.8 Å². The van der Waals surface area contributed by atoms with Crippen LogP contribution in [0.15, 0.2) is 42.8 Å². The Morgan fingerprint density at radius 2 is 1.80 bits per heavy atom. The van der Waals surface area contributed by atoms with Crippen molar-refractivity contribution in [1.29, 1.82) is 0 Å². The molecule has 0 atom stereocenters. The minimum atomic E-state index is -1.13. The number of carboxylic acid groups (broad SMARTS) is 1. The maximum Gasteiger partial charge on any atom is 0.343 e. The van der Waals surface area contributed by atoms with Crippen LogP contribution in [0.3, 0.4) is 0 Å². The maximum atomic E-state index is 12.6. The number of aromatic carboxylic acids is 1. The predicted molar refractivity (Wildman–Crippen MR) is 117 cm³/mol. The van der Waals surface area contributed by atoms with Crippen molar-refractivity contribution in [2.45, 2.75) is 46.5 Å².